The predicted octanol–water partition coefficient (Wildman–Crippen LogP) is 6.17. The van der Waals surface area contributed by atoms with Crippen LogP contribution in [0.3, 0.4) is 0 Å². The third-order valence-electron chi connectivity index (χ3n) is 4.21. The van der Waals surface area contributed by atoms with Crippen LogP contribution in [0.1, 0.15) is 22.4 Å². The Kier molecular flexibility index (Phi) is 8.06. The van der Waals surface area contributed by atoms with E-state index in [2.05, 4.69) is 11.1 Å². The van der Waals surface area contributed by atoms with Crippen molar-refractivity contribution in [1.82, 2.24) is 4.98 Å². The Bertz CT molecular complexity index is 1090. The third-order valence-corrected chi connectivity index (χ3v) is 4.21. The number of hydrogen-bond donors (Lipinski definition) is 0. The lowest BCUT2D eigenvalue weighted by molar-refractivity contribution is -0.137. The van der Waals surface area contributed by atoms with Crippen molar-refractivity contribution < 1.29 is 22.6 Å². The third kappa shape index (κ3) is 6.24. The van der Waals surface area contributed by atoms with Crippen molar-refractivity contribution in [2.45, 2.75) is 12.8 Å². The van der Waals surface area contributed by atoms with Crippen molar-refractivity contribution in [3.63, 3.8) is 0 Å². The average Bonchev–Trinajstić information content (AvgIpc) is 2.76. The molecule has 160 valence electrons. The lowest BCUT2D eigenvalue weighted by Gasteiger charge is -2.13. The van der Waals surface area contributed by atoms with Crippen LogP contribution in [0.4, 0.5) is 13.2 Å². The highest BCUT2D eigenvalue weighted by molar-refractivity contribution is 5.88. The van der Waals surface area contributed by atoms with Crippen LogP contribution in [0.15, 0.2) is 66.9 Å². The minimum absolute atomic E-state index is 0. The van der Waals surface area contributed by atoms with Gasteiger partial charge in [-0.1, -0.05) is 24.3 Å². The minimum atomic E-state index is -4.41. The summed E-state index contributed by atoms with van der Waals surface area (Å²) in [7, 11) is 1.46. The predicted molar refractivity (Wildman–Crippen MR) is 114 cm³/mol. The van der Waals surface area contributed by atoms with Gasteiger partial charge in [0.25, 0.3) is 0 Å². The van der Waals surface area contributed by atoms with Gasteiger partial charge in [0, 0.05) is 6.20 Å². The summed E-state index contributed by atoms with van der Waals surface area (Å²) in [6.07, 6.45) is -1.14. The van der Waals surface area contributed by atoms with E-state index in [0.29, 0.717) is 33.9 Å². The first-order valence-corrected chi connectivity index (χ1v) is 8.91. The minimum Gasteiger partial charge on any atom is -0.493 e. The summed E-state index contributed by atoms with van der Waals surface area (Å²) in [5, 5.41) is 9.42. The number of methoxy groups -OCH3 is 1. The standard InChI is InChI=1S/C23H17F3N2O2.ClH/c1-29-22-13-16(11-18(14-27)20-7-2-3-10-28-20)8-9-21(22)30-15-17-5-4-6-19(12-17)23(24,25)26;/h2-13H,15H2,1H3;1H/b18-11+;. The van der Waals surface area contributed by atoms with E-state index >= 15 is 0 Å². The number of ether oxygens (including phenoxy) is 2. The molecule has 0 atom stereocenters. The molecule has 0 aliphatic carbocycles. The highest BCUT2D eigenvalue weighted by atomic mass is 35.5. The number of alkyl halides is 3. The monoisotopic (exact) mass is 446 g/mol. The Morgan fingerprint density at radius 2 is 1.87 bits per heavy atom. The number of pyridine rings is 1. The van der Waals surface area contributed by atoms with Crippen molar-refractivity contribution in [1.29, 1.82) is 5.26 Å². The van der Waals surface area contributed by atoms with Crippen LogP contribution < -0.4 is 9.47 Å². The van der Waals surface area contributed by atoms with Gasteiger partial charge >= 0.3 is 6.18 Å². The molecule has 0 bridgehead atoms. The summed E-state index contributed by atoms with van der Waals surface area (Å²) in [5.41, 5.74) is 1.28. The lowest BCUT2D eigenvalue weighted by atomic mass is 10.1. The zero-order valence-electron chi connectivity index (χ0n) is 16.4. The Morgan fingerprint density at radius 1 is 1.06 bits per heavy atom. The maximum Gasteiger partial charge on any atom is 0.416 e. The van der Waals surface area contributed by atoms with E-state index in [1.165, 1.54) is 13.2 Å². The van der Waals surface area contributed by atoms with Crippen LogP contribution in [0.25, 0.3) is 11.6 Å². The number of aromatic nitrogens is 1. The van der Waals surface area contributed by atoms with Crippen LogP contribution in [0.5, 0.6) is 11.5 Å². The van der Waals surface area contributed by atoms with E-state index < -0.39 is 11.7 Å². The van der Waals surface area contributed by atoms with Crippen LogP contribution in [-0.4, -0.2) is 12.1 Å². The quantitative estimate of drug-likeness (QED) is 0.425. The summed E-state index contributed by atoms with van der Waals surface area (Å²) in [4.78, 5) is 4.17. The molecular formula is C23H18ClF3N2O2. The van der Waals surface area contributed by atoms with Crippen molar-refractivity contribution in [3.8, 4) is 17.6 Å². The zero-order chi connectivity index (χ0) is 21.6. The molecule has 0 aliphatic heterocycles. The molecule has 0 amide bonds. The molecule has 0 N–H and O–H groups in total. The van der Waals surface area contributed by atoms with Gasteiger partial charge in [-0.3, -0.25) is 4.98 Å². The second kappa shape index (κ2) is 10.5. The first-order chi connectivity index (χ1) is 14.4. The van der Waals surface area contributed by atoms with E-state index in [1.807, 2.05) is 0 Å². The van der Waals surface area contributed by atoms with Gasteiger partial charge in [-0.2, -0.15) is 18.4 Å². The zero-order valence-corrected chi connectivity index (χ0v) is 17.2. The fraction of sp³-hybridized carbons (Fsp3) is 0.130. The summed E-state index contributed by atoms with van der Waals surface area (Å²) >= 11 is 0. The van der Waals surface area contributed by atoms with Gasteiger partial charge in [0.1, 0.15) is 12.7 Å². The van der Waals surface area contributed by atoms with Gasteiger partial charge in [-0.25, -0.2) is 0 Å². The Balaban J connectivity index is 0.00000341. The van der Waals surface area contributed by atoms with E-state index in [1.54, 1.807) is 54.7 Å². The number of nitriles is 1. The lowest BCUT2D eigenvalue weighted by Crippen LogP contribution is -2.06. The molecule has 0 fully saturated rings. The van der Waals surface area contributed by atoms with E-state index in [-0.39, 0.29) is 19.0 Å². The van der Waals surface area contributed by atoms with Gasteiger partial charge in [0.05, 0.1) is 23.9 Å². The number of allylic oxidation sites excluding steroid dienone is 1. The van der Waals surface area contributed by atoms with E-state index in [0.717, 1.165) is 12.1 Å². The summed E-state index contributed by atoms with van der Waals surface area (Å²) in [6, 6.07) is 17.4. The molecule has 8 heteroatoms. The number of rotatable bonds is 6. The van der Waals surface area contributed by atoms with Gasteiger partial charge in [-0.05, 0) is 53.6 Å². The molecular weight excluding hydrogens is 429 g/mol. The second-order valence-corrected chi connectivity index (χ2v) is 6.28. The van der Waals surface area contributed by atoms with Crippen LogP contribution in [0.2, 0.25) is 0 Å². The highest BCUT2D eigenvalue weighted by Crippen LogP contribution is 2.32. The molecule has 0 saturated heterocycles. The number of halogens is 4. The molecule has 0 saturated carbocycles. The molecule has 31 heavy (non-hydrogen) atoms. The van der Waals surface area contributed by atoms with Crippen LogP contribution in [-0.2, 0) is 12.8 Å². The Labute approximate surface area is 184 Å². The molecule has 0 unspecified atom stereocenters. The van der Waals surface area contributed by atoms with E-state index in [4.69, 9.17) is 9.47 Å². The fourth-order valence-electron chi connectivity index (χ4n) is 2.74. The number of benzene rings is 2. The Hall–Kier alpha value is -3.50. The Morgan fingerprint density at radius 3 is 2.52 bits per heavy atom. The van der Waals surface area contributed by atoms with Gasteiger partial charge in [-0.15, -0.1) is 12.4 Å². The summed E-state index contributed by atoms with van der Waals surface area (Å²) in [6.45, 7) is -0.0488. The smallest absolute Gasteiger partial charge is 0.416 e. The van der Waals surface area contributed by atoms with Crippen molar-refractivity contribution in [2.24, 2.45) is 0 Å². The van der Waals surface area contributed by atoms with Crippen molar-refractivity contribution >= 4 is 24.1 Å². The molecule has 1 aromatic heterocycles. The molecule has 1 heterocycles. The molecule has 0 radical (unpaired) electrons. The highest BCUT2D eigenvalue weighted by Gasteiger charge is 2.30. The van der Waals surface area contributed by atoms with E-state index in [9.17, 15) is 18.4 Å². The molecule has 3 aromatic rings. The van der Waals surface area contributed by atoms with Gasteiger partial charge in [0.15, 0.2) is 11.5 Å². The number of hydrogen-bond acceptors (Lipinski definition) is 4. The molecule has 0 spiro atoms. The maximum absolute atomic E-state index is 12.9. The molecule has 2 aromatic carbocycles. The first kappa shape index (κ1) is 23.8. The fourth-order valence-corrected chi connectivity index (χ4v) is 2.74. The second-order valence-electron chi connectivity index (χ2n) is 6.28. The normalized spacial score (nSPS) is 11.3. The topological polar surface area (TPSA) is 55.1 Å². The van der Waals surface area contributed by atoms with Crippen LogP contribution >= 0.6 is 12.4 Å². The van der Waals surface area contributed by atoms with Gasteiger partial charge < -0.3 is 9.47 Å². The summed E-state index contributed by atoms with van der Waals surface area (Å²) in [5.74, 6) is 0.775. The summed E-state index contributed by atoms with van der Waals surface area (Å²) < 4.78 is 49.6. The first-order valence-electron chi connectivity index (χ1n) is 8.91. The van der Waals surface area contributed by atoms with Gasteiger partial charge in [0.2, 0.25) is 0 Å². The molecule has 3 rings (SSSR count). The molecule has 0 aliphatic rings. The SMILES string of the molecule is COc1cc(/C=C(\C#N)c2ccccn2)ccc1OCc1cccc(C(F)(F)F)c1.Cl. The average molecular weight is 447 g/mol. The largest absolute Gasteiger partial charge is 0.493 e. The maximum atomic E-state index is 12.9. The van der Waals surface area contributed by atoms with Crippen LogP contribution in [0, 0.1) is 11.3 Å². The number of nitrogens with zero attached hydrogens (tertiary/aromatic N) is 2. The van der Waals surface area contributed by atoms with Crippen molar-refractivity contribution in [3.05, 3.63) is 89.2 Å². The molecule has 4 nitrogen and oxygen atoms in total. The van der Waals surface area contributed by atoms with Crippen molar-refractivity contribution in [2.75, 3.05) is 7.11 Å².